The summed E-state index contributed by atoms with van der Waals surface area (Å²) in [5.74, 6) is 1.03. The summed E-state index contributed by atoms with van der Waals surface area (Å²) in [6.45, 7) is 4.05. The molecule has 0 radical (unpaired) electrons. The van der Waals surface area contributed by atoms with E-state index in [0.29, 0.717) is 29.4 Å². The van der Waals surface area contributed by atoms with Crippen LogP contribution < -0.4 is 20.9 Å². The Labute approximate surface area is 140 Å². The molecule has 0 amide bonds. The number of ether oxygens (including phenoxy) is 2. The molecule has 0 saturated heterocycles. The Balaban J connectivity index is 2.11. The van der Waals surface area contributed by atoms with Gasteiger partial charge < -0.3 is 20.9 Å². The largest absolute Gasteiger partial charge is 0.490 e. The number of hydrogen-bond acceptors (Lipinski definition) is 5. The Bertz CT molecular complexity index is 865. The van der Waals surface area contributed by atoms with Crippen LogP contribution in [0.3, 0.4) is 0 Å². The van der Waals surface area contributed by atoms with E-state index >= 15 is 0 Å². The first-order valence-electron chi connectivity index (χ1n) is 7.44. The lowest BCUT2D eigenvalue weighted by molar-refractivity contribution is 0.362. The molecule has 0 unspecified atom stereocenters. The van der Waals surface area contributed by atoms with Crippen LogP contribution in [-0.2, 0) is 0 Å². The Hall–Kier alpha value is -3.39. The maximum absolute atomic E-state index is 9.55. The molecule has 5 heteroatoms. The van der Waals surface area contributed by atoms with Gasteiger partial charge in [-0.05, 0) is 23.8 Å². The van der Waals surface area contributed by atoms with Crippen molar-refractivity contribution in [3.8, 4) is 17.6 Å². The molecule has 0 aromatic heterocycles. The van der Waals surface area contributed by atoms with Gasteiger partial charge in [0.15, 0.2) is 0 Å². The third-order valence-corrected chi connectivity index (χ3v) is 3.80. The molecule has 0 saturated carbocycles. The van der Waals surface area contributed by atoms with E-state index < -0.39 is 0 Å². The summed E-state index contributed by atoms with van der Waals surface area (Å²) in [5.41, 5.74) is 14.5. The number of nitrogens with two attached hydrogens (primary N) is 2. The third-order valence-electron chi connectivity index (χ3n) is 3.80. The minimum Gasteiger partial charge on any atom is -0.490 e. The van der Waals surface area contributed by atoms with Crippen LogP contribution in [0.15, 0.2) is 66.6 Å². The zero-order valence-corrected chi connectivity index (χ0v) is 13.0. The van der Waals surface area contributed by atoms with Gasteiger partial charge in [0.25, 0.3) is 0 Å². The molecule has 1 aliphatic rings. The molecule has 2 aromatic carbocycles. The predicted molar refractivity (Wildman–Crippen MR) is 92.3 cm³/mol. The van der Waals surface area contributed by atoms with E-state index in [9.17, 15) is 5.26 Å². The minimum atomic E-state index is -0.327. The molecule has 0 fully saturated rings. The van der Waals surface area contributed by atoms with E-state index in [1.54, 1.807) is 18.2 Å². The summed E-state index contributed by atoms with van der Waals surface area (Å²) in [5, 5.41) is 9.55. The molecule has 0 aliphatic carbocycles. The van der Waals surface area contributed by atoms with Gasteiger partial charge in [-0.15, -0.1) is 0 Å². The normalized spacial score (nSPS) is 15.9. The van der Waals surface area contributed by atoms with E-state index in [0.717, 1.165) is 11.1 Å². The van der Waals surface area contributed by atoms with Crippen molar-refractivity contribution in [2.45, 2.75) is 5.92 Å². The Kier molecular flexibility index (Phi) is 4.13. The molecule has 1 heterocycles. The van der Waals surface area contributed by atoms with Crippen LogP contribution in [0.4, 0.5) is 5.69 Å². The molecular formula is C19H17N3O2. The molecule has 3 rings (SSSR count). The maximum atomic E-state index is 9.55. The van der Waals surface area contributed by atoms with Crippen molar-refractivity contribution in [2.24, 2.45) is 5.73 Å². The number of benzene rings is 2. The number of nitrogens with zero attached hydrogens (tertiary/aromatic N) is 1. The van der Waals surface area contributed by atoms with E-state index in [1.807, 2.05) is 30.3 Å². The summed E-state index contributed by atoms with van der Waals surface area (Å²) in [6, 6.07) is 15.1. The average molecular weight is 319 g/mol. The van der Waals surface area contributed by atoms with Gasteiger partial charge in [-0.25, -0.2) is 0 Å². The fourth-order valence-electron chi connectivity index (χ4n) is 2.75. The van der Waals surface area contributed by atoms with Crippen molar-refractivity contribution in [1.29, 1.82) is 5.26 Å². The van der Waals surface area contributed by atoms with Gasteiger partial charge in [-0.3, -0.25) is 0 Å². The van der Waals surface area contributed by atoms with Gasteiger partial charge in [0, 0.05) is 17.3 Å². The first kappa shape index (κ1) is 15.5. The number of nitriles is 1. The van der Waals surface area contributed by atoms with Gasteiger partial charge >= 0.3 is 0 Å². The van der Waals surface area contributed by atoms with Gasteiger partial charge in [-0.1, -0.05) is 30.9 Å². The second kappa shape index (κ2) is 6.39. The van der Waals surface area contributed by atoms with Crippen molar-refractivity contribution < 1.29 is 9.47 Å². The van der Waals surface area contributed by atoms with Gasteiger partial charge in [0.2, 0.25) is 5.88 Å². The van der Waals surface area contributed by atoms with E-state index in [4.69, 9.17) is 20.9 Å². The van der Waals surface area contributed by atoms with Crippen molar-refractivity contribution in [3.63, 3.8) is 0 Å². The highest BCUT2D eigenvalue weighted by molar-refractivity contribution is 5.60. The molecule has 4 N–H and O–H groups in total. The molecular weight excluding hydrogens is 302 g/mol. The molecule has 1 aliphatic heterocycles. The average Bonchev–Trinajstić information content (AvgIpc) is 2.58. The van der Waals surface area contributed by atoms with Crippen LogP contribution >= 0.6 is 0 Å². The van der Waals surface area contributed by atoms with Crippen molar-refractivity contribution in [3.05, 3.63) is 77.7 Å². The number of hydrogen-bond donors (Lipinski definition) is 2. The van der Waals surface area contributed by atoms with Crippen molar-refractivity contribution in [1.82, 2.24) is 0 Å². The fourth-order valence-corrected chi connectivity index (χ4v) is 2.75. The Morgan fingerprint density at radius 3 is 2.83 bits per heavy atom. The number of allylic oxidation sites excluding steroid dienone is 1. The second-order valence-electron chi connectivity index (χ2n) is 5.39. The Morgan fingerprint density at radius 2 is 2.08 bits per heavy atom. The Morgan fingerprint density at radius 1 is 1.25 bits per heavy atom. The lowest BCUT2D eigenvalue weighted by Gasteiger charge is -2.26. The standard InChI is InChI=1S/C19H17N3O2/c1-2-8-23-14-5-3-4-12(9-14)18-15-7-6-13(21)10-17(15)24-19(22)16(18)11-20/h2-7,9-10,18H,1,8,21-22H2/t18-/m1/s1. The van der Waals surface area contributed by atoms with Crippen LogP contribution in [0.2, 0.25) is 0 Å². The highest BCUT2D eigenvalue weighted by atomic mass is 16.5. The van der Waals surface area contributed by atoms with E-state index in [-0.39, 0.29) is 11.8 Å². The first-order valence-corrected chi connectivity index (χ1v) is 7.44. The third kappa shape index (κ3) is 2.77. The molecule has 1 atom stereocenters. The SMILES string of the molecule is C=CCOc1cccc([C@H]2C(C#N)=C(N)Oc3cc(N)ccc32)c1. The molecule has 24 heavy (non-hydrogen) atoms. The lowest BCUT2D eigenvalue weighted by Crippen LogP contribution is -2.21. The number of nitrogen functional groups attached to an aromatic ring is 1. The summed E-state index contributed by atoms with van der Waals surface area (Å²) in [4.78, 5) is 0. The number of anilines is 1. The molecule has 0 spiro atoms. The van der Waals surface area contributed by atoms with Crippen LogP contribution in [0.25, 0.3) is 0 Å². The zero-order chi connectivity index (χ0) is 17.1. The maximum Gasteiger partial charge on any atom is 0.205 e. The van der Waals surface area contributed by atoms with Crippen LogP contribution in [-0.4, -0.2) is 6.61 Å². The molecule has 0 bridgehead atoms. The second-order valence-corrected chi connectivity index (χ2v) is 5.39. The van der Waals surface area contributed by atoms with E-state index in [1.165, 1.54) is 0 Å². The summed E-state index contributed by atoms with van der Waals surface area (Å²) in [6.07, 6.45) is 1.68. The number of fused-ring (bicyclic) bond motifs is 1. The molecule has 120 valence electrons. The van der Waals surface area contributed by atoms with Gasteiger partial charge in [0.1, 0.15) is 29.7 Å². The molecule has 5 nitrogen and oxygen atoms in total. The zero-order valence-electron chi connectivity index (χ0n) is 13.0. The van der Waals surface area contributed by atoms with Gasteiger partial charge in [0.05, 0.1) is 5.92 Å². The predicted octanol–water partition coefficient (Wildman–Crippen LogP) is 3.05. The lowest BCUT2D eigenvalue weighted by atomic mass is 9.83. The van der Waals surface area contributed by atoms with Crippen LogP contribution in [0.5, 0.6) is 11.5 Å². The van der Waals surface area contributed by atoms with Crippen molar-refractivity contribution in [2.75, 3.05) is 12.3 Å². The topological polar surface area (TPSA) is 94.3 Å². The van der Waals surface area contributed by atoms with Crippen molar-refractivity contribution >= 4 is 5.69 Å². The monoisotopic (exact) mass is 319 g/mol. The summed E-state index contributed by atoms with van der Waals surface area (Å²) < 4.78 is 11.2. The molecule has 2 aromatic rings. The summed E-state index contributed by atoms with van der Waals surface area (Å²) in [7, 11) is 0. The highest BCUT2D eigenvalue weighted by Gasteiger charge is 2.30. The summed E-state index contributed by atoms with van der Waals surface area (Å²) >= 11 is 0. The van der Waals surface area contributed by atoms with Crippen LogP contribution in [0.1, 0.15) is 17.0 Å². The van der Waals surface area contributed by atoms with Crippen LogP contribution in [0, 0.1) is 11.3 Å². The first-order chi connectivity index (χ1) is 11.6. The fraction of sp³-hybridized carbons (Fsp3) is 0.105. The minimum absolute atomic E-state index is 0.0954. The van der Waals surface area contributed by atoms with E-state index in [2.05, 4.69) is 12.6 Å². The number of rotatable bonds is 4. The van der Waals surface area contributed by atoms with Gasteiger partial charge in [-0.2, -0.15) is 5.26 Å². The highest BCUT2D eigenvalue weighted by Crippen LogP contribution is 2.43. The quantitative estimate of drug-likeness (QED) is 0.667. The smallest absolute Gasteiger partial charge is 0.205 e.